The van der Waals surface area contributed by atoms with Gasteiger partial charge in [-0.2, -0.15) is 0 Å². The minimum Gasteiger partial charge on any atom is -0.469 e. The second kappa shape index (κ2) is 9.06. The third-order valence-electron chi connectivity index (χ3n) is 2.58. The maximum absolute atomic E-state index is 11.9. The van der Waals surface area contributed by atoms with E-state index < -0.39 is 12.0 Å². The number of Topliss-reactive ketones (excluding diaryl/α,β-unsaturated/α-hetero) is 1. The molecule has 0 saturated carbocycles. The second-order valence-electron chi connectivity index (χ2n) is 4.75. The van der Waals surface area contributed by atoms with E-state index in [9.17, 15) is 19.2 Å². The van der Waals surface area contributed by atoms with Crippen molar-refractivity contribution in [3.63, 3.8) is 0 Å². The summed E-state index contributed by atoms with van der Waals surface area (Å²) in [6, 6.07) is -0.636. The molecular formula is C13H22N2O5. The number of hydrogen-bond acceptors (Lipinski definition) is 5. The molecule has 0 aromatic rings. The van der Waals surface area contributed by atoms with Crippen molar-refractivity contribution in [2.45, 2.75) is 39.7 Å². The first-order valence-corrected chi connectivity index (χ1v) is 6.41. The van der Waals surface area contributed by atoms with E-state index >= 15 is 0 Å². The summed E-state index contributed by atoms with van der Waals surface area (Å²) in [6.45, 7) is 5.07. The SMILES string of the molecule is COC(=O)CC(=O)CCNC(=O)[C@@H](NC(C)=O)C(C)C. The summed E-state index contributed by atoms with van der Waals surface area (Å²) in [4.78, 5) is 45.1. The molecular weight excluding hydrogens is 264 g/mol. The smallest absolute Gasteiger partial charge is 0.313 e. The van der Waals surface area contributed by atoms with Gasteiger partial charge in [0.2, 0.25) is 11.8 Å². The van der Waals surface area contributed by atoms with Crippen LogP contribution in [0.25, 0.3) is 0 Å². The fraction of sp³-hybridized carbons (Fsp3) is 0.692. The molecule has 0 bridgehead atoms. The van der Waals surface area contributed by atoms with E-state index in [-0.39, 0.29) is 42.9 Å². The molecule has 114 valence electrons. The molecule has 0 rings (SSSR count). The minimum absolute atomic E-state index is 0.0473. The van der Waals surface area contributed by atoms with Crippen molar-refractivity contribution in [2.24, 2.45) is 5.92 Å². The summed E-state index contributed by atoms with van der Waals surface area (Å²) in [7, 11) is 1.21. The van der Waals surface area contributed by atoms with Crippen molar-refractivity contribution < 1.29 is 23.9 Å². The number of carbonyl (C=O) groups is 4. The fourth-order valence-corrected chi connectivity index (χ4v) is 1.51. The van der Waals surface area contributed by atoms with E-state index in [4.69, 9.17) is 0 Å². The highest BCUT2D eigenvalue weighted by Gasteiger charge is 2.22. The zero-order valence-corrected chi connectivity index (χ0v) is 12.3. The number of nitrogens with one attached hydrogen (secondary N) is 2. The van der Waals surface area contributed by atoms with Gasteiger partial charge >= 0.3 is 5.97 Å². The lowest BCUT2D eigenvalue weighted by Crippen LogP contribution is -2.49. The van der Waals surface area contributed by atoms with Crippen LogP contribution in [-0.4, -0.2) is 43.3 Å². The Balaban J connectivity index is 4.16. The van der Waals surface area contributed by atoms with Gasteiger partial charge in [-0.1, -0.05) is 13.8 Å². The molecule has 0 aromatic heterocycles. The van der Waals surface area contributed by atoms with Crippen LogP contribution >= 0.6 is 0 Å². The Labute approximate surface area is 118 Å². The molecule has 1 atom stereocenters. The van der Waals surface area contributed by atoms with Gasteiger partial charge in [0.15, 0.2) is 0 Å². The largest absolute Gasteiger partial charge is 0.469 e. The molecule has 2 N–H and O–H groups in total. The molecule has 0 aliphatic carbocycles. The third kappa shape index (κ3) is 7.50. The van der Waals surface area contributed by atoms with Gasteiger partial charge < -0.3 is 15.4 Å². The predicted molar refractivity (Wildman–Crippen MR) is 71.7 cm³/mol. The van der Waals surface area contributed by atoms with Crippen molar-refractivity contribution in [1.82, 2.24) is 10.6 Å². The molecule has 0 fully saturated rings. The Morgan fingerprint density at radius 1 is 1.15 bits per heavy atom. The second-order valence-corrected chi connectivity index (χ2v) is 4.75. The van der Waals surface area contributed by atoms with Gasteiger partial charge in [-0.15, -0.1) is 0 Å². The summed E-state index contributed by atoms with van der Waals surface area (Å²) < 4.78 is 4.37. The zero-order valence-electron chi connectivity index (χ0n) is 12.3. The molecule has 0 heterocycles. The number of hydrogen-bond donors (Lipinski definition) is 2. The van der Waals surface area contributed by atoms with Gasteiger partial charge in [0.25, 0.3) is 0 Å². The van der Waals surface area contributed by atoms with Crippen LogP contribution in [-0.2, 0) is 23.9 Å². The molecule has 0 aliphatic rings. The van der Waals surface area contributed by atoms with Gasteiger partial charge in [0, 0.05) is 19.9 Å². The first kappa shape index (κ1) is 18.1. The predicted octanol–water partition coefficient (Wildman–Crippen LogP) is -0.214. The Morgan fingerprint density at radius 3 is 2.20 bits per heavy atom. The van der Waals surface area contributed by atoms with E-state index in [0.29, 0.717) is 0 Å². The zero-order chi connectivity index (χ0) is 15.7. The summed E-state index contributed by atoms with van der Waals surface area (Å²) >= 11 is 0. The maximum atomic E-state index is 11.9. The van der Waals surface area contributed by atoms with Crippen LogP contribution in [0.5, 0.6) is 0 Å². The molecule has 7 nitrogen and oxygen atoms in total. The Hall–Kier alpha value is -1.92. The van der Waals surface area contributed by atoms with Gasteiger partial charge in [0.05, 0.1) is 7.11 Å². The van der Waals surface area contributed by atoms with Crippen LogP contribution in [0.4, 0.5) is 0 Å². The van der Waals surface area contributed by atoms with Gasteiger partial charge in [0.1, 0.15) is 18.2 Å². The average molecular weight is 286 g/mol. The number of methoxy groups -OCH3 is 1. The molecule has 0 aromatic carbocycles. The van der Waals surface area contributed by atoms with Crippen molar-refractivity contribution >= 4 is 23.6 Å². The number of esters is 1. The third-order valence-corrected chi connectivity index (χ3v) is 2.58. The minimum atomic E-state index is -0.636. The molecule has 20 heavy (non-hydrogen) atoms. The van der Waals surface area contributed by atoms with Crippen LogP contribution in [0.1, 0.15) is 33.6 Å². The highest BCUT2D eigenvalue weighted by atomic mass is 16.5. The van der Waals surface area contributed by atoms with Crippen molar-refractivity contribution in [3.05, 3.63) is 0 Å². The van der Waals surface area contributed by atoms with Gasteiger partial charge in [-0.3, -0.25) is 19.2 Å². The topological polar surface area (TPSA) is 102 Å². The fourth-order valence-electron chi connectivity index (χ4n) is 1.51. The number of ether oxygens (including phenoxy) is 1. The van der Waals surface area contributed by atoms with Gasteiger partial charge in [-0.25, -0.2) is 0 Å². The summed E-state index contributed by atoms with van der Waals surface area (Å²) in [5.74, 6) is -1.61. The number of amides is 2. The van der Waals surface area contributed by atoms with Crippen LogP contribution in [0.15, 0.2) is 0 Å². The number of ketones is 1. The van der Waals surface area contributed by atoms with E-state index in [2.05, 4.69) is 15.4 Å². The molecule has 0 spiro atoms. The molecule has 2 amide bonds. The number of carbonyl (C=O) groups excluding carboxylic acids is 4. The van der Waals surface area contributed by atoms with Crippen LogP contribution in [0.2, 0.25) is 0 Å². The van der Waals surface area contributed by atoms with Crippen LogP contribution < -0.4 is 10.6 Å². The van der Waals surface area contributed by atoms with E-state index in [0.717, 1.165) is 0 Å². The standard InChI is InChI=1S/C13H22N2O5/c1-8(2)12(15-9(3)16)13(19)14-6-5-10(17)7-11(18)20-4/h8,12H,5-7H2,1-4H3,(H,14,19)(H,15,16)/t12-/m0/s1. The van der Waals surface area contributed by atoms with E-state index in [1.54, 1.807) is 0 Å². The normalized spacial score (nSPS) is 11.7. The molecule has 7 heteroatoms. The molecule has 0 saturated heterocycles. The highest BCUT2D eigenvalue weighted by molar-refractivity contribution is 5.95. The van der Waals surface area contributed by atoms with Gasteiger partial charge in [-0.05, 0) is 5.92 Å². The molecule has 0 radical (unpaired) electrons. The number of rotatable bonds is 8. The van der Waals surface area contributed by atoms with E-state index in [1.165, 1.54) is 14.0 Å². The first-order valence-electron chi connectivity index (χ1n) is 6.41. The first-order chi connectivity index (χ1) is 9.27. The average Bonchev–Trinajstić information content (AvgIpc) is 2.34. The summed E-state index contributed by atoms with van der Waals surface area (Å²) in [5.41, 5.74) is 0. The Bertz CT molecular complexity index is 379. The van der Waals surface area contributed by atoms with Crippen LogP contribution in [0.3, 0.4) is 0 Å². The lowest BCUT2D eigenvalue weighted by molar-refractivity contribution is -0.143. The monoisotopic (exact) mass is 286 g/mol. The summed E-state index contributed by atoms with van der Waals surface area (Å²) in [6.07, 6.45) is -0.253. The Kier molecular flexibility index (Phi) is 8.19. The van der Waals surface area contributed by atoms with Crippen molar-refractivity contribution in [3.8, 4) is 0 Å². The van der Waals surface area contributed by atoms with Crippen LogP contribution in [0, 0.1) is 5.92 Å². The molecule has 0 unspecified atom stereocenters. The van der Waals surface area contributed by atoms with Crippen molar-refractivity contribution in [1.29, 1.82) is 0 Å². The quantitative estimate of drug-likeness (QED) is 0.475. The van der Waals surface area contributed by atoms with E-state index in [1.807, 2.05) is 13.8 Å². The summed E-state index contributed by atoms with van der Waals surface area (Å²) in [5, 5.41) is 5.11. The van der Waals surface area contributed by atoms with Crippen molar-refractivity contribution in [2.75, 3.05) is 13.7 Å². The lowest BCUT2D eigenvalue weighted by Gasteiger charge is -2.20. The lowest BCUT2D eigenvalue weighted by atomic mass is 10.0. The molecule has 0 aliphatic heterocycles. The maximum Gasteiger partial charge on any atom is 0.313 e. The highest BCUT2D eigenvalue weighted by Crippen LogP contribution is 2.02. The Morgan fingerprint density at radius 2 is 1.75 bits per heavy atom.